The Bertz CT molecular complexity index is 823. The van der Waals surface area contributed by atoms with Crippen LogP contribution in [-0.2, 0) is 4.79 Å². The van der Waals surface area contributed by atoms with Crippen molar-refractivity contribution in [1.29, 1.82) is 0 Å². The summed E-state index contributed by atoms with van der Waals surface area (Å²) < 4.78 is 0. The van der Waals surface area contributed by atoms with Crippen LogP contribution < -0.4 is 10.2 Å². The molecule has 26 heavy (non-hydrogen) atoms. The molecule has 0 atom stereocenters. The molecule has 1 saturated heterocycles. The first kappa shape index (κ1) is 17.8. The average molecular weight is 379 g/mol. The predicted octanol–water partition coefficient (Wildman–Crippen LogP) is 2.48. The first-order valence-corrected chi connectivity index (χ1v) is 8.19. The minimum absolute atomic E-state index is 0.00943. The van der Waals surface area contributed by atoms with Crippen molar-refractivity contribution in [1.82, 2.24) is 15.0 Å². The summed E-state index contributed by atoms with van der Waals surface area (Å²) in [5.41, 5.74) is -0.280. The molecule has 0 amide bonds. The quantitative estimate of drug-likeness (QED) is 0.594. The number of carbonyl (C=O) groups is 1. The van der Waals surface area contributed by atoms with E-state index in [0.29, 0.717) is 36.8 Å². The summed E-state index contributed by atoms with van der Waals surface area (Å²) in [6, 6.07) is 3.17. The first-order chi connectivity index (χ1) is 12.5. The molecule has 3 heterocycles. The molecule has 0 aliphatic carbocycles. The standard InChI is InChI=1S/C15H15ClN6O4/c16-10-1-2-11(17-7-10)20-13-12(22(25)26)14(19-8-18-13)21-5-3-9(4-6-21)15(23)24/h1-2,7-9H,3-6H2,(H,23,24)(H,17,18,19,20). The second-order valence-electron chi connectivity index (χ2n) is 5.74. The second-order valence-corrected chi connectivity index (χ2v) is 6.17. The smallest absolute Gasteiger partial charge is 0.353 e. The Morgan fingerprint density at radius 1 is 1.31 bits per heavy atom. The van der Waals surface area contributed by atoms with Crippen LogP contribution >= 0.6 is 11.6 Å². The molecule has 0 radical (unpaired) electrons. The van der Waals surface area contributed by atoms with Gasteiger partial charge in [0.05, 0.1) is 15.9 Å². The van der Waals surface area contributed by atoms with E-state index in [2.05, 4.69) is 20.3 Å². The minimum atomic E-state index is -0.849. The van der Waals surface area contributed by atoms with Crippen molar-refractivity contribution in [3.05, 3.63) is 39.8 Å². The minimum Gasteiger partial charge on any atom is -0.481 e. The number of aromatic nitrogens is 3. The van der Waals surface area contributed by atoms with Gasteiger partial charge in [0.15, 0.2) is 0 Å². The van der Waals surface area contributed by atoms with Crippen LogP contribution in [0, 0.1) is 16.0 Å². The second kappa shape index (κ2) is 7.48. The molecule has 0 bridgehead atoms. The van der Waals surface area contributed by atoms with Crippen molar-refractivity contribution in [2.45, 2.75) is 12.8 Å². The topological polar surface area (TPSA) is 134 Å². The van der Waals surface area contributed by atoms with Gasteiger partial charge in [0.1, 0.15) is 12.1 Å². The molecule has 2 aromatic heterocycles. The summed E-state index contributed by atoms with van der Waals surface area (Å²) in [7, 11) is 0. The molecule has 1 aliphatic rings. The van der Waals surface area contributed by atoms with Gasteiger partial charge < -0.3 is 15.3 Å². The monoisotopic (exact) mass is 378 g/mol. The highest BCUT2D eigenvalue weighted by Crippen LogP contribution is 2.35. The molecule has 2 N–H and O–H groups in total. The Morgan fingerprint density at radius 3 is 2.62 bits per heavy atom. The van der Waals surface area contributed by atoms with Crippen molar-refractivity contribution in [2.24, 2.45) is 5.92 Å². The third-order valence-electron chi connectivity index (χ3n) is 4.10. The Morgan fingerprint density at radius 2 is 2.04 bits per heavy atom. The maximum absolute atomic E-state index is 11.6. The lowest BCUT2D eigenvalue weighted by Gasteiger charge is -2.30. The summed E-state index contributed by atoms with van der Waals surface area (Å²) in [6.07, 6.45) is 3.44. The zero-order chi connectivity index (χ0) is 18.7. The summed E-state index contributed by atoms with van der Waals surface area (Å²) >= 11 is 5.78. The normalized spacial score (nSPS) is 14.9. The third-order valence-corrected chi connectivity index (χ3v) is 4.33. The first-order valence-electron chi connectivity index (χ1n) is 7.81. The van der Waals surface area contributed by atoms with Gasteiger partial charge in [-0.25, -0.2) is 15.0 Å². The number of nitrogens with one attached hydrogen (secondary N) is 1. The molecule has 0 unspecified atom stereocenters. The van der Waals surface area contributed by atoms with Crippen molar-refractivity contribution < 1.29 is 14.8 Å². The summed E-state index contributed by atoms with van der Waals surface area (Å²) in [4.78, 5) is 35.9. The third kappa shape index (κ3) is 3.80. The SMILES string of the molecule is O=C(O)C1CCN(c2ncnc(Nc3ccc(Cl)cn3)c2[N+](=O)[O-])CC1. The van der Waals surface area contributed by atoms with Crippen molar-refractivity contribution in [3.8, 4) is 0 Å². The van der Waals surface area contributed by atoms with Gasteiger partial charge >= 0.3 is 11.7 Å². The van der Waals surface area contributed by atoms with Crippen LogP contribution in [0.2, 0.25) is 5.02 Å². The highest BCUT2D eigenvalue weighted by atomic mass is 35.5. The van der Waals surface area contributed by atoms with Crippen LogP contribution in [0.1, 0.15) is 12.8 Å². The predicted molar refractivity (Wildman–Crippen MR) is 93.8 cm³/mol. The number of carboxylic acid groups (broad SMARTS) is 1. The summed E-state index contributed by atoms with van der Waals surface area (Å²) in [5, 5.41) is 24.0. The zero-order valence-electron chi connectivity index (χ0n) is 13.5. The van der Waals surface area contributed by atoms with Crippen LogP contribution in [0.3, 0.4) is 0 Å². The molecule has 11 heteroatoms. The number of pyridine rings is 1. The van der Waals surface area contributed by atoms with Gasteiger partial charge in [-0.2, -0.15) is 0 Å². The van der Waals surface area contributed by atoms with Gasteiger partial charge in [0.25, 0.3) is 0 Å². The number of nitrogens with zero attached hydrogens (tertiary/aromatic N) is 5. The average Bonchev–Trinajstić information content (AvgIpc) is 2.63. The van der Waals surface area contributed by atoms with E-state index in [1.54, 1.807) is 17.0 Å². The number of carboxylic acids is 1. The molecule has 2 aromatic rings. The molecule has 0 aromatic carbocycles. The largest absolute Gasteiger partial charge is 0.481 e. The fraction of sp³-hybridized carbons (Fsp3) is 0.333. The molecular weight excluding hydrogens is 364 g/mol. The number of piperidine rings is 1. The maximum atomic E-state index is 11.6. The number of rotatable bonds is 5. The molecule has 1 aliphatic heterocycles. The Labute approximate surface area is 153 Å². The lowest BCUT2D eigenvalue weighted by molar-refractivity contribution is -0.383. The Balaban J connectivity index is 1.88. The number of halogens is 1. The van der Waals surface area contributed by atoms with E-state index < -0.39 is 16.8 Å². The van der Waals surface area contributed by atoms with Crippen molar-refractivity contribution >= 4 is 40.7 Å². The van der Waals surface area contributed by atoms with Crippen LogP contribution in [0.4, 0.5) is 23.1 Å². The van der Waals surface area contributed by atoms with Crippen molar-refractivity contribution in [3.63, 3.8) is 0 Å². The fourth-order valence-electron chi connectivity index (χ4n) is 2.77. The molecule has 0 spiro atoms. The van der Waals surface area contributed by atoms with Gasteiger partial charge in [-0.05, 0) is 25.0 Å². The van der Waals surface area contributed by atoms with E-state index in [1.165, 1.54) is 12.5 Å². The van der Waals surface area contributed by atoms with Gasteiger partial charge in [0.2, 0.25) is 11.6 Å². The van der Waals surface area contributed by atoms with Crippen LogP contribution in [0.5, 0.6) is 0 Å². The zero-order valence-corrected chi connectivity index (χ0v) is 14.3. The van der Waals surface area contributed by atoms with E-state index in [0.717, 1.165) is 0 Å². The maximum Gasteiger partial charge on any atom is 0.353 e. The van der Waals surface area contributed by atoms with Crippen LogP contribution in [-0.4, -0.2) is 44.0 Å². The Kier molecular flexibility index (Phi) is 5.12. The number of aliphatic carboxylic acids is 1. The lowest BCUT2D eigenvalue weighted by Crippen LogP contribution is -2.37. The van der Waals surface area contributed by atoms with Gasteiger partial charge in [0, 0.05) is 19.3 Å². The lowest BCUT2D eigenvalue weighted by atomic mass is 9.97. The van der Waals surface area contributed by atoms with Gasteiger partial charge in [-0.1, -0.05) is 11.6 Å². The highest BCUT2D eigenvalue weighted by molar-refractivity contribution is 6.30. The van der Waals surface area contributed by atoms with Gasteiger partial charge in [-0.3, -0.25) is 14.9 Å². The van der Waals surface area contributed by atoms with E-state index in [1.807, 2.05) is 0 Å². The molecule has 136 valence electrons. The molecule has 10 nitrogen and oxygen atoms in total. The number of hydrogen-bond acceptors (Lipinski definition) is 8. The Hall–Kier alpha value is -3.01. The van der Waals surface area contributed by atoms with Crippen molar-refractivity contribution in [2.75, 3.05) is 23.3 Å². The number of anilines is 3. The van der Waals surface area contributed by atoms with Crippen LogP contribution in [0.15, 0.2) is 24.7 Å². The summed E-state index contributed by atoms with van der Waals surface area (Å²) in [5.74, 6) is -0.770. The highest BCUT2D eigenvalue weighted by Gasteiger charge is 2.31. The van der Waals surface area contributed by atoms with E-state index in [4.69, 9.17) is 16.7 Å². The van der Waals surface area contributed by atoms with E-state index >= 15 is 0 Å². The number of hydrogen-bond donors (Lipinski definition) is 2. The molecule has 1 fully saturated rings. The molecular formula is C15H15ClN6O4. The van der Waals surface area contributed by atoms with E-state index in [-0.39, 0.29) is 17.3 Å². The van der Waals surface area contributed by atoms with Crippen LogP contribution in [0.25, 0.3) is 0 Å². The van der Waals surface area contributed by atoms with Gasteiger partial charge in [-0.15, -0.1) is 0 Å². The molecule has 0 saturated carbocycles. The summed E-state index contributed by atoms with van der Waals surface area (Å²) in [6.45, 7) is 0.737. The van der Waals surface area contributed by atoms with E-state index in [9.17, 15) is 14.9 Å². The number of nitro groups is 1. The molecule has 3 rings (SSSR count). The fourth-order valence-corrected chi connectivity index (χ4v) is 2.88.